The van der Waals surface area contributed by atoms with E-state index in [-0.39, 0.29) is 25.3 Å². The summed E-state index contributed by atoms with van der Waals surface area (Å²) in [6.45, 7) is 0.0304. The lowest BCUT2D eigenvalue weighted by atomic mass is 10.0. The average molecular weight is 482 g/mol. The molecule has 3 rings (SSSR count). The van der Waals surface area contributed by atoms with E-state index in [1.165, 1.54) is 6.07 Å². The van der Waals surface area contributed by atoms with Gasteiger partial charge in [0, 0.05) is 26.7 Å². The largest absolute Gasteiger partial charge is 0.374 e. The Morgan fingerprint density at radius 2 is 1.64 bits per heavy atom. The van der Waals surface area contributed by atoms with Crippen LogP contribution in [0.4, 0.5) is 0 Å². The summed E-state index contributed by atoms with van der Waals surface area (Å²) < 4.78 is 5.63. The van der Waals surface area contributed by atoms with Crippen LogP contribution in [0.3, 0.4) is 0 Å². The molecule has 0 fully saturated rings. The molecule has 6 nitrogen and oxygen atoms in total. The number of amides is 2. The van der Waals surface area contributed by atoms with Crippen LogP contribution in [0.5, 0.6) is 0 Å². The number of nitrogens with one attached hydrogen (secondary N) is 2. The van der Waals surface area contributed by atoms with E-state index in [2.05, 4.69) is 10.6 Å². The van der Waals surface area contributed by atoms with E-state index in [1.54, 1.807) is 18.2 Å². The van der Waals surface area contributed by atoms with E-state index in [0.29, 0.717) is 15.6 Å². The highest BCUT2D eigenvalue weighted by atomic mass is 35.5. The second-order valence-corrected chi connectivity index (χ2v) is 7.89. The lowest BCUT2D eigenvalue weighted by molar-refractivity contribution is -0.124. The number of ether oxygens (including phenoxy) is 1. The van der Waals surface area contributed by atoms with E-state index in [0.717, 1.165) is 11.1 Å². The number of halogens is 2. The number of hydrogen-bond acceptors (Lipinski definition) is 4. The number of carbonyl (C=O) groups is 2. The first kappa shape index (κ1) is 24.3. The van der Waals surface area contributed by atoms with Gasteiger partial charge in [0.25, 0.3) is 5.91 Å². The third kappa shape index (κ3) is 6.80. The van der Waals surface area contributed by atoms with Crippen LogP contribution in [0.15, 0.2) is 72.8 Å². The van der Waals surface area contributed by atoms with Gasteiger partial charge in [0.2, 0.25) is 5.91 Å². The van der Waals surface area contributed by atoms with Gasteiger partial charge in [-0.1, -0.05) is 77.8 Å². The van der Waals surface area contributed by atoms with Crippen molar-refractivity contribution in [1.82, 2.24) is 10.6 Å². The first-order valence-electron chi connectivity index (χ1n) is 10.1. The molecule has 0 saturated heterocycles. The van der Waals surface area contributed by atoms with E-state index < -0.39 is 17.9 Å². The zero-order valence-electron chi connectivity index (χ0n) is 17.6. The summed E-state index contributed by atoms with van der Waals surface area (Å²) in [5, 5.41) is 14.7. The molecule has 0 bridgehead atoms. The highest BCUT2D eigenvalue weighted by Gasteiger charge is 2.22. The molecule has 3 aromatic carbocycles. The molecule has 8 heteroatoms. The van der Waals surface area contributed by atoms with Crippen molar-refractivity contribution in [1.29, 1.82) is 5.26 Å². The molecule has 0 aliphatic carbocycles. The number of rotatable bonds is 9. The van der Waals surface area contributed by atoms with E-state index >= 15 is 0 Å². The van der Waals surface area contributed by atoms with Gasteiger partial charge in [-0.15, -0.1) is 0 Å². The fourth-order valence-electron chi connectivity index (χ4n) is 3.10. The molecule has 0 aromatic heterocycles. The van der Waals surface area contributed by atoms with Crippen LogP contribution >= 0.6 is 23.2 Å². The average Bonchev–Trinajstić information content (AvgIpc) is 2.83. The maximum Gasteiger partial charge on any atom is 0.252 e. The molecular weight excluding hydrogens is 461 g/mol. The minimum absolute atomic E-state index is 0.0661. The standard InChI is InChI=1S/C25H21Cl2N3O3/c26-21-9-5-4-8-19(21)20-11-10-18(14-22(20)27)24(31)30-23(25(32)29-13-12-28)16-33-15-17-6-2-1-3-7-17/h1-11,14,23H,13,15-16H2,(H,29,32)(H,30,31)/t23-/m0/s1. The second kappa shape index (κ2) is 12.0. The number of hydrogen-bond donors (Lipinski definition) is 2. The predicted molar refractivity (Wildman–Crippen MR) is 128 cm³/mol. The SMILES string of the molecule is N#CCNC(=O)[C@H](COCc1ccccc1)NC(=O)c1ccc(-c2ccccc2Cl)c(Cl)c1. The Kier molecular flexibility index (Phi) is 8.85. The normalized spacial score (nSPS) is 11.3. The summed E-state index contributed by atoms with van der Waals surface area (Å²) in [7, 11) is 0. The van der Waals surface area contributed by atoms with Gasteiger partial charge in [-0.05, 0) is 23.8 Å². The Balaban J connectivity index is 1.71. The second-order valence-electron chi connectivity index (χ2n) is 7.08. The van der Waals surface area contributed by atoms with Gasteiger partial charge < -0.3 is 15.4 Å². The highest BCUT2D eigenvalue weighted by Crippen LogP contribution is 2.33. The summed E-state index contributed by atoms with van der Waals surface area (Å²) in [6.07, 6.45) is 0. The minimum atomic E-state index is -0.989. The Morgan fingerprint density at radius 3 is 2.33 bits per heavy atom. The third-order valence-corrected chi connectivity index (χ3v) is 5.40. The van der Waals surface area contributed by atoms with Crippen molar-refractivity contribution in [3.05, 3.63) is 94.0 Å². The third-order valence-electron chi connectivity index (χ3n) is 4.75. The summed E-state index contributed by atoms with van der Waals surface area (Å²) >= 11 is 12.7. The van der Waals surface area contributed by atoms with Crippen molar-refractivity contribution in [2.24, 2.45) is 0 Å². The van der Waals surface area contributed by atoms with Crippen LogP contribution in [-0.4, -0.2) is 31.0 Å². The van der Waals surface area contributed by atoms with Gasteiger partial charge in [-0.2, -0.15) is 5.26 Å². The van der Waals surface area contributed by atoms with Gasteiger partial charge in [0.05, 0.1) is 19.3 Å². The predicted octanol–water partition coefficient (Wildman–Crippen LogP) is 4.62. The summed E-state index contributed by atoms with van der Waals surface area (Å²) in [5.41, 5.74) is 2.64. The van der Waals surface area contributed by atoms with Crippen molar-refractivity contribution in [3.8, 4) is 17.2 Å². The van der Waals surface area contributed by atoms with Gasteiger partial charge in [-0.3, -0.25) is 9.59 Å². The number of carbonyl (C=O) groups excluding carboxylic acids is 2. The first-order chi connectivity index (χ1) is 16.0. The van der Waals surface area contributed by atoms with Gasteiger partial charge in [0.15, 0.2) is 0 Å². The molecule has 0 heterocycles. The summed E-state index contributed by atoms with van der Waals surface area (Å²) in [4.78, 5) is 25.3. The molecular formula is C25H21Cl2N3O3. The number of benzene rings is 3. The zero-order valence-corrected chi connectivity index (χ0v) is 19.1. The summed E-state index contributed by atoms with van der Waals surface area (Å²) in [6, 6.07) is 22.4. The van der Waals surface area contributed by atoms with Crippen LogP contribution in [0.2, 0.25) is 10.0 Å². The lowest BCUT2D eigenvalue weighted by Crippen LogP contribution is -2.49. The van der Waals surface area contributed by atoms with Crippen molar-refractivity contribution < 1.29 is 14.3 Å². The van der Waals surface area contributed by atoms with E-state index in [9.17, 15) is 9.59 Å². The van der Waals surface area contributed by atoms with Crippen LogP contribution in [-0.2, 0) is 16.1 Å². The Bertz CT molecular complexity index is 1160. The van der Waals surface area contributed by atoms with Crippen LogP contribution in [0, 0.1) is 11.3 Å². The fraction of sp³-hybridized carbons (Fsp3) is 0.160. The molecule has 2 N–H and O–H groups in total. The molecule has 0 unspecified atom stereocenters. The van der Waals surface area contributed by atoms with Crippen molar-refractivity contribution in [3.63, 3.8) is 0 Å². The molecule has 168 valence electrons. The molecule has 0 saturated carbocycles. The Morgan fingerprint density at radius 1 is 0.939 bits per heavy atom. The Hall–Kier alpha value is -3.37. The maximum atomic E-state index is 12.8. The van der Waals surface area contributed by atoms with Gasteiger partial charge >= 0.3 is 0 Å². The number of nitriles is 1. The van der Waals surface area contributed by atoms with Gasteiger partial charge in [-0.25, -0.2) is 0 Å². The quantitative estimate of drug-likeness (QED) is 0.436. The van der Waals surface area contributed by atoms with Crippen LogP contribution in [0.25, 0.3) is 11.1 Å². The van der Waals surface area contributed by atoms with Crippen LogP contribution in [0.1, 0.15) is 15.9 Å². The molecule has 0 aliphatic rings. The maximum absolute atomic E-state index is 12.8. The van der Waals surface area contributed by atoms with E-state index in [4.69, 9.17) is 33.2 Å². The molecule has 33 heavy (non-hydrogen) atoms. The molecule has 0 aliphatic heterocycles. The summed E-state index contributed by atoms with van der Waals surface area (Å²) in [5.74, 6) is -1.01. The molecule has 0 spiro atoms. The molecule has 3 aromatic rings. The first-order valence-corrected chi connectivity index (χ1v) is 10.9. The fourth-order valence-corrected chi connectivity index (χ4v) is 3.62. The molecule has 0 radical (unpaired) electrons. The molecule has 1 atom stereocenters. The Labute approximate surface area is 202 Å². The van der Waals surface area contributed by atoms with Crippen molar-refractivity contribution >= 4 is 35.0 Å². The van der Waals surface area contributed by atoms with Crippen LogP contribution < -0.4 is 10.6 Å². The van der Waals surface area contributed by atoms with E-state index in [1.807, 2.05) is 54.6 Å². The smallest absolute Gasteiger partial charge is 0.252 e. The monoisotopic (exact) mass is 481 g/mol. The minimum Gasteiger partial charge on any atom is -0.374 e. The lowest BCUT2D eigenvalue weighted by Gasteiger charge is -2.18. The van der Waals surface area contributed by atoms with Crippen molar-refractivity contribution in [2.45, 2.75) is 12.6 Å². The number of nitrogens with zero attached hydrogens (tertiary/aromatic N) is 1. The van der Waals surface area contributed by atoms with Crippen molar-refractivity contribution in [2.75, 3.05) is 13.2 Å². The zero-order chi connectivity index (χ0) is 23.6. The highest BCUT2D eigenvalue weighted by molar-refractivity contribution is 6.36. The van der Waals surface area contributed by atoms with Gasteiger partial charge in [0.1, 0.15) is 12.6 Å². The molecule has 2 amide bonds. The topological polar surface area (TPSA) is 91.2 Å².